The average Bonchev–Trinajstić information content (AvgIpc) is 3.29. The van der Waals surface area contributed by atoms with Crippen molar-refractivity contribution in [2.45, 2.75) is 6.92 Å². The van der Waals surface area contributed by atoms with Gasteiger partial charge in [0.05, 0.1) is 11.9 Å². The zero-order valence-electron chi connectivity index (χ0n) is 17.6. The second kappa shape index (κ2) is 9.65. The molecule has 3 amide bonds. The van der Waals surface area contributed by atoms with Crippen LogP contribution in [-0.2, 0) is 4.79 Å². The van der Waals surface area contributed by atoms with Crippen LogP contribution in [0.4, 0.5) is 17.5 Å². The van der Waals surface area contributed by atoms with E-state index in [2.05, 4.69) is 30.7 Å². The Labute approximate surface area is 193 Å². The second-order valence-corrected chi connectivity index (χ2v) is 7.66. The van der Waals surface area contributed by atoms with Crippen molar-refractivity contribution in [1.29, 1.82) is 0 Å². The Kier molecular flexibility index (Phi) is 6.50. The monoisotopic (exact) mass is 469 g/mol. The number of piperazine rings is 1. The topological polar surface area (TPSA) is 134 Å². The van der Waals surface area contributed by atoms with Gasteiger partial charge in [0, 0.05) is 43.7 Å². The van der Waals surface area contributed by atoms with Gasteiger partial charge in [-0.25, -0.2) is 4.98 Å². The minimum absolute atomic E-state index is 0.0643. The van der Waals surface area contributed by atoms with Crippen LogP contribution >= 0.6 is 11.6 Å². The highest BCUT2D eigenvalue weighted by atomic mass is 35.5. The summed E-state index contributed by atoms with van der Waals surface area (Å²) in [5.74, 6) is -0.619. The predicted octanol–water partition coefficient (Wildman–Crippen LogP) is 2.29. The number of carbonyl (C=O) groups excluding carboxylic acids is 3. The van der Waals surface area contributed by atoms with E-state index in [0.717, 1.165) is 5.82 Å². The first-order valence-electron chi connectivity index (χ1n) is 10.1. The quantitative estimate of drug-likeness (QED) is 0.581. The van der Waals surface area contributed by atoms with E-state index in [-0.39, 0.29) is 17.8 Å². The summed E-state index contributed by atoms with van der Waals surface area (Å²) >= 11 is 5.81. The lowest BCUT2D eigenvalue weighted by Crippen LogP contribution is -2.48. The summed E-state index contributed by atoms with van der Waals surface area (Å²) in [6, 6.07) is 9.52. The van der Waals surface area contributed by atoms with Gasteiger partial charge in [-0.05, 0) is 36.4 Å². The van der Waals surface area contributed by atoms with Gasteiger partial charge in [0.25, 0.3) is 5.91 Å². The molecular weight excluding hydrogens is 450 g/mol. The molecule has 33 heavy (non-hydrogen) atoms. The van der Waals surface area contributed by atoms with Crippen LogP contribution in [0.5, 0.6) is 0 Å². The second-order valence-electron chi connectivity index (χ2n) is 7.23. The third kappa shape index (κ3) is 5.44. The molecule has 0 unspecified atom stereocenters. The zero-order valence-corrected chi connectivity index (χ0v) is 18.4. The van der Waals surface area contributed by atoms with E-state index >= 15 is 0 Å². The van der Waals surface area contributed by atoms with Crippen molar-refractivity contribution in [1.82, 2.24) is 20.1 Å². The molecule has 170 valence electrons. The number of halogens is 1. The number of hydrogen-bond acceptors (Lipinski definition) is 8. The summed E-state index contributed by atoms with van der Waals surface area (Å²) in [6.45, 7) is 4.22. The molecule has 3 aromatic rings. The largest absolute Gasteiger partial charge is 0.399 e. The van der Waals surface area contributed by atoms with Gasteiger partial charge in [-0.3, -0.25) is 19.7 Å². The highest BCUT2D eigenvalue weighted by Crippen LogP contribution is 2.17. The van der Waals surface area contributed by atoms with Crippen molar-refractivity contribution >= 4 is 46.8 Å². The van der Waals surface area contributed by atoms with Crippen LogP contribution < -0.4 is 15.5 Å². The summed E-state index contributed by atoms with van der Waals surface area (Å²) in [5, 5.41) is 12.9. The van der Waals surface area contributed by atoms with Crippen molar-refractivity contribution < 1.29 is 18.8 Å². The molecule has 2 N–H and O–H groups in total. The number of hydrogen-bond donors (Lipinski definition) is 2. The Balaban J connectivity index is 1.32. The first-order chi connectivity index (χ1) is 15.9. The number of nitrogens with zero attached hydrogens (tertiary/aromatic N) is 5. The van der Waals surface area contributed by atoms with Crippen LogP contribution in [-0.4, -0.2) is 64.0 Å². The molecule has 2 aromatic heterocycles. The van der Waals surface area contributed by atoms with Gasteiger partial charge in [-0.15, -0.1) is 5.10 Å². The van der Waals surface area contributed by atoms with Crippen LogP contribution in [0.1, 0.15) is 28.0 Å². The molecule has 1 saturated heterocycles. The fourth-order valence-corrected chi connectivity index (χ4v) is 3.34. The minimum Gasteiger partial charge on any atom is -0.399 e. The molecule has 12 heteroatoms. The summed E-state index contributed by atoms with van der Waals surface area (Å²) in [7, 11) is 0. The van der Waals surface area contributed by atoms with Crippen LogP contribution in [0.25, 0.3) is 0 Å². The molecular formula is C21H20ClN7O4. The van der Waals surface area contributed by atoms with E-state index in [9.17, 15) is 14.4 Å². The Hall–Kier alpha value is -3.99. The highest BCUT2D eigenvalue weighted by Gasteiger charge is 2.20. The van der Waals surface area contributed by atoms with Gasteiger partial charge in [-0.2, -0.15) is 0 Å². The third-order valence-electron chi connectivity index (χ3n) is 5.00. The van der Waals surface area contributed by atoms with Crippen molar-refractivity contribution in [3.8, 4) is 0 Å². The first kappa shape index (κ1) is 22.2. The zero-order chi connectivity index (χ0) is 23.4. The maximum absolute atomic E-state index is 12.4. The number of carbonyl (C=O) groups is 3. The summed E-state index contributed by atoms with van der Waals surface area (Å²) in [5.41, 5.74) is 0.786. The van der Waals surface area contributed by atoms with Crippen LogP contribution in [0.2, 0.25) is 5.02 Å². The van der Waals surface area contributed by atoms with Crippen molar-refractivity contribution in [3.05, 3.63) is 59.1 Å². The highest BCUT2D eigenvalue weighted by molar-refractivity contribution is 6.30. The number of nitrogens with one attached hydrogen (secondary N) is 2. The van der Waals surface area contributed by atoms with E-state index in [4.69, 9.17) is 16.0 Å². The van der Waals surface area contributed by atoms with Gasteiger partial charge in [0.15, 0.2) is 0 Å². The Bertz CT molecular complexity index is 1160. The van der Waals surface area contributed by atoms with E-state index in [1.54, 1.807) is 48.2 Å². The molecule has 1 fully saturated rings. The Morgan fingerprint density at radius 2 is 1.67 bits per heavy atom. The summed E-state index contributed by atoms with van der Waals surface area (Å²) < 4.78 is 5.23. The molecule has 1 aliphatic heterocycles. The number of pyridine rings is 1. The maximum atomic E-state index is 12.4. The van der Waals surface area contributed by atoms with E-state index in [1.165, 1.54) is 6.20 Å². The molecule has 4 rings (SSSR count). The number of aromatic nitrogens is 3. The van der Waals surface area contributed by atoms with Gasteiger partial charge in [0.2, 0.25) is 5.91 Å². The summed E-state index contributed by atoms with van der Waals surface area (Å²) in [4.78, 5) is 44.3. The molecule has 1 aromatic carbocycles. The fourth-order valence-electron chi connectivity index (χ4n) is 3.22. The molecule has 0 radical (unpaired) electrons. The molecule has 0 atom stereocenters. The molecule has 0 spiro atoms. The Morgan fingerprint density at radius 3 is 2.30 bits per heavy atom. The number of anilines is 3. The maximum Gasteiger partial charge on any atom is 0.322 e. The predicted molar refractivity (Wildman–Crippen MR) is 120 cm³/mol. The normalized spacial score (nSPS) is 13.5. The molecule has 11 nitrogen and oxygen atoms in total. The smallest absolute Gasteiger partial charge is 0.322 e. The Morgan fingerprint density at radius 1 is 0.939 bits per heavy atom. The molecule has 0 bridgehead atoms. The molecule has 0 aliphatic carbocycles. The van der Waals surface area contributed by atoms with Gasteiger partial charge in [0.1, 0.15) is 5.82 Å². The van der Waals surface area contributed by atoms with Crippen LogP contribution in [0.15, 0.2) is 47.0 Å². The number of amides is 3. The van der Waals surface area contributed by atoms with Gasteiger partial charge < -0.3 is 19.5 Å². The molecule has 1 aliphatic rings. The van der Waals surface area contributed by atoms with Crippen LogP contribution in [0.3, 0.4) is 0 Å². The minimum atomic E-state index is -0.640. The lowest BCUT2D eigenvalue weighted by Gasteiger charge is -2.34. The van der Waals surface area contributed by atoms with Gasteiger partial charge >= 0.3 is 17.8 Å². The standard InChI is InChI=1S/C21H20ClN7O4/c1-13(30)28-8-10-29(11-9-28)17-7-6-16(12-23-17)24-19(32)20-26-27-21(33-20)25-18(31)14-2-4-15(22)5-3-14/h2-7,12H,8-11H2,1H3,(H,24,32)(H,25,27,31). The molecule has 0 saturated carbocycles. The van der Waals surface area contributed by atoms with E-state index < -0.39 is 11.8 Å². The lowest BCUT2D eigenvalue weighted by atomic mass is 10.2. The number of rotatable bonds is 5. The third-order valence-corrected chi connectivity index (χ3v) is 5.25. The molecule has 3 heterocycles. The SMILES string of the molecule is CC(=O)N1CCN(c2ccc(NC(=O)c3nnc(NC(=O)c4ccc(Cl)cc4)o3)cn2)CC1. The van der Waals surface area contributed by atoms with Crippen molar-refractivity contribution in [2.75, 3.05) is 41.7 Å². The van der Waals surface area contributed by atoms with Crippen LogP contribution in [0, 0.1) is 0 Å². The van der Waals surface area contributed by atoms with E-state index in [0.29, 0.717) is 42.5 Å². The van der Waals surface area contributed by atoms with E-state index in [1.807, 2.05) is 0 Å². The summed E-state index contributed by atoms with van der Waals surface area (Å²) in [6.07, 6.45) is 1.52. The van der Waals surface area contributed by atoms with Crippen molar-refractivity contribution in [3.63, 3.8) is 0 Å². The first-order valence-corrected chi connectivity index (χ1v) is 10.4. The van der Waals surface area contributed by atoms with Gasteiger partial charge in [-0.1, -0.05) is 16.7 Å². The lowest BCUT2D eigenvalue weighted by molar-refractivity contribution is -0.129. The fraction of sp³-hybridized carbons (Fsp3) is 0.238. The average molecular weight is 470 g/mol. The number of benzene rings is 1. The van der Waals surface area contributed by atoms with Crippen molar-refractivity contribution in [2.24, 2.45) is 0 Å².